The molecule has 1 N–H and O–H groups in total. The lowest BCUT2D eigenvalue weighted by Gasteiger charge is -2.17. The molecule has 5 heteroatoms. The molecule has 80 valence electrons. The molecule has 0 amide bonds. The molecule has 0 unspecified atom stereocenters. The highest BCUT2D eigenvalue weighted by Crippen LogP contribution is 2.13. The van der Waals surface area contributed by atoms with Crippen LogP contribution >= 0.6 is 0 Å². The van der Waals surface area contributed by atoms with Crippen LogP contribution in [0.4, 0.5) is 6.01 Å². The van der Waals surface area contributed by atoms with Crippen LogP contribution in [0.2, 0.25) is 0 Å². The molecular formula is C9H18N4O. The fourth-order valence-electron chi connectivity index (χ4n) is 0.959. The first kappa shape index (κ1) is 11.0. The van der Waals surface area contributed by atoms with E-state index in [9.17, 15) is 0 Å². The van der Waals surface area contributed by atoms with Gasteiger partial charge in [0.25, 0.3) is 0 Å². The van der Waals surface area contributed by atoms with Crippen molar-refractivity contribution in [1.29, 1.82) is 0 Å². The summed E-state index contributed by atoms with van der Waals surface area (Å²) in [5, 5.41) is 10.9. The Labute approximate surface area is 84.5 Å². The van der Waals surface area contributed by atoms with Gasteiger partial charge >= 0.3 is 6.01 Å². The third-order valence-corrected chi connectivity index (χ3v) is 1.40. The molecule has 0 saturated heterocycles. The molecule has 0 aliphatic rings. The highest BCUT2D eigenvalue weighted by Gasteiger charge is 2.14. The zero-order valence-electron chi connectivity index (χ0n) is 9.46. The number of nitrogens with zero attached hydrogens (tertiary/aromatic N) is 3. The first-order chi connectivity index (χ1) is 6.37. The molecule has 0 aromatic carbocycles. The van der Waals surface area contributed by atoms with Crippen LogP contribution in [0.1, 0.15) is 26.7 Å². The zero-order chi connectivity index (χ0) is 10.8. The Kier molecular flexibility index (Phi) is 3.10. The van der Waals surface area contributed by atoms with Crippen LogP contribution in [0, 0.1) is 0 Å². The predicted molar refractivity (Wildman–Crippen MR) is 55.1 cm³/mol. The predicted octanol–water partition coefficient (Wildman–Crippen LogP) is 1.34. The monoisotopic (exact) mass is 198 g/mol. The van der Waals surface area contributed by atoms with E-state index in [-0.39, 0.29) is 5.54 Å². The van der Waals surface area contributed by atoms with Crippen molar-refractivity contribution in [3.63, 3.8) is 0 Å². The lowest BCUT2D eigenvalue weighted by atomic mass is 10.1. The summed E-state index contributed by atoms with van der Waals surface area (Å²) >= 11 is 0. The summed E-state index contributed by atoms with van der Waals surface area (Å²) in [6.07, 6.45) is 0. The summed E-state index contributed by atoms with van der Waals surface area (Å²) in [5.74, 6) is 0.627. The minimum Gasteiger partial charge on any atom is -0.407 e. The standard InChI is InChI=1S/C9H18N4O/c1-9(2,3)10-8-12-11-7(14-8)6-13(4)5/h6H2,1-5H3,(H,10,12). The fraction of sp³-hybridized carbons (Fsp3) is 0.778. The second-order valence-electron chi connectivity index (χ2n) is 4.61. The molecule has 1 heterocycles. The minimum atomic E-state index is -0.0537. The Morgan fingerprint density at radius 1 is 1.29 bits per heavy atom. The first-order valence-electron chi connectivity index (χ1n) is 4.62. The van der Waals surface area contributed by atoms with Gasteiger partial charge < -0.3 is 14.6 Å². The molecule has 0 atom stereocenters. The van der Waals surface area contributed by atoms with Crippen molar-refractivity contribution < 1.29 is 4.42 Å². The number of anilines is 1. The smallest absolute Gasteiger partial charge is 0.315 e. The first-order valence-corrected chi connectivity index (χ1v) is 4.62. The van der Waals surface area contributed by atoms with E-state index >= 15 is 0 Å². The highest BCUT2D eigenvalue weighted by molar-refractivity contribution is 5.21. The van der Waals surface area contributed by atoms with E-state index < -0.39 is 0 Å². The molecule has 5 nitrogen and oxygen atoms in total. The van der Waals surface area contributed by atoms with E-state index in [4.69, 9.17) is 4.42 Å². The van der Waals surface area contributed by atoms with Crippen molar-refractivity contribution in [2.75, 3.05) is 19.4 Å². The number of hydrogen-bond acceptors (Lipinski definition) is 5. The van der Waals surface area contributed by atoms with Gasteiger partial charge in [0.15, 0.2) is 0 Å². The Morgan fingerprint density at radius 3 is 2.43 bits per heavy atom. The van der Waals surface area contributed by atoms with E-state index in [1.807, 2.05) is 39.8 Å². The number of hydrogen-bond donors (Lipinski definition) is 1. The van der Waals surface area contributed by atoms with Crippen LogP contribution < -0.4 is 5.32 Å². The van der Waals surface area contributed by atoms with Crippen molar-refractivity contribution in [2.45, 2.75) is 32.9 Å². The van der Waals surface area contributed by atoms with Crippen molar-refractivity contribution >= 4 is 6.01 Å². The van der Waals surface area contributed by atoms with Gasteiger partial charge in [0, 0.05) is 5.54 Å². The molecule has 1 aromatic heterocycles. The van der Waals surface area contributed by atoms with Crippen molar-refractivity contribution in [2.24, 2.45) is 0 Å². The topological polar surface area (TPSA) is 54.2 Å². The van der Waals surface area contributed by atoms with Crippen LogP contribution in [-0.4, -0.2) is 34.7 Å². The Hall–Kier alpha value is -1.10. The van der Waals surface area contributed by atoms with Gasteiger partial charge in [-0.2, -0.15) is 0 Å². The maximum Gasteiger partial charge on any atom is 0.315 e. The average molecular weight is 198 g/mol. The summed E-state index contributed by atoms with van der Waals surface area (Å²) in [5.41, 5.74) is -0.0537. The molecule has 0 radical (unpaired) electrons. The number of nitrogens with one attached hydrogen (secondary N) is 1. The Morgan fingerprint density at radius 2 is 1.93 bits per heavy atom. The van der Waals surface area contributed by atoms with Crippen molar-refractivity contribution in [1.82, 2.24) is 15.1 Å². The summed E-state index contributed by atoms with van der Waals surface area (Å²) in [6.45, 7) is 6.80. The van der Waals surface area contributed by atoms with Crippen LogP contribution in [-0.2, 0) is 6.54 Å². The molecular weight excluding hydrogens is 180 g/mol. The minimum absolute atomic E-state index is 0.0537. The van der Waals surface area contributed by atoms with Crippen LogP contribution in [0.15, 0.2) is 4.42 Å². The van der Waals surface area contributed by atoms with Gasteiger partial charge in [0.05, 0.1) is 6.54 Å². The molecule has 0 aliphatic heterocycles. The summed E-state index contributed by atoms with van der Waals surface area (Å²) in [6, 6.07) is 0.481. The third kappa shape index (κ3) is 3.74. The fourth-order valence-corrected chi connectivity index (χ4v) is 0.959. The second kappa shape index (κ2) is 3.96. The van der Waals surface area contributed by atoms with Gasteiger partial charge in [-0.15, -0.1) is 5.10 Å². The van der Waals surface area contributed by atoms with Gasteiger partial charge in [0.2, 0.25) is 5.89 Å². The highest BCUT2D eigenvalue weighted by atomic mass is 16.4. The molecule has 0 aliphatic carbocycles. The Balaban J connectivity index is 2.60. The summed E-state index contributed by atoms with van der Waals surface area (Å²) < 4.78 is 5.40. The van der Waals surface area contributed by atoms with Gasteiger partial charge in [-0.25, -0.2) is 0 Å². The molecule has 0 spiro atoms. The third-order valence-electron chi connectivity index (χ3n) is 1.40. The van der Waals surface area contributed by atoms with E-state index in [0.29, 0.717) is 18.5 Å². The lowest BCUT2D eigenvalue weighted by molar-refractivity contribution is 0.343. The SMILES string of the molecule is CN(C)Cc1nnc(NC(C)(C)C)o1. The van der Waals surface area contributed by atoms with Gasteiger partial charge in [-0.05, 0) is 34.9 Å². The van der Waals surface area contributed by atoms with Crippen molar-refractivity contribution in [3.05, 3.63) is 5.89 Å². The van der Waals surface area contributed by atoms with E-state index in [1.165, 1.54) is 0 Å². The second-order valence-corrected chi connectivity index (χ2v) is 4.61. The molecule has 1 aromatic rings. The van der Waals surface area contributed by atoms with Crippen LogP contribution in [0.3, 0.4) is 0 Å². The summed E-state index contributed by atoms with van der Waals surface area (Å²) in [4.78, 5) is 1.98. The van der Waals surface area contributed by atoms with Gasteiger partial charge in [0.1, 0.15) is 0 Å². The van der Waals surface area contributed by atoms with Crippen molar-refractivity contribution in [3.8, 4) is 0 Å². The molecule has 0 bridgehead atoms. The molecule has 14 heavy (non-hydrogen) atoms. The normalized spacial score (nSPS) is 12.1. The van der Waals surface area contributed by atoms with Crippen LogP contribution in [0.5, 0.6) is 0 Å². The Bertz CT molecular complexity index is 287. The molecule has 0 saturated carbocycles. The zero-order valence-corrected chi connectivity index (χ0v) is 9.46. The van der Waals surface area contributed by atoms with E-state index in [0.717, 1.165) is 0 Å². The van der Waals surface area contributed by atoms with E-state index in [1.54, 1.807) is 0 Å². The quantitative estimate of drug-likeness (QED) is 0.794. The maximum atomic E-state index is 5.40. The van der Waals surface area contributed by atoms with Crippen LogP contribution in [0.25, 0.3) is 0 Å². The molecule has 0 fully saturated rings. The average Bonchev–Trinajstić information content (AvgIpc) is 2.30. The summed E-state index contributed by atoms with van der Waals surface area (Å²) in [7, 11) is 3.92. The number of aromatic nitrogens is 2. The molecule has 1 rings (SSSR count). The largest absolute Gasteiger partial charge is 0.407 e. The van der Waals surface area contributed by atoms with E-state index in [2.05, 4.69) is 15.5 Å². The van der Waals surface area contributed by atoms with Gasteiger partial charge in [-0.1, -0.05) is 5.10 Å². The van der Waals surface area contributed by atoms with Gasteiger partial charge in [-0.3, -0.25) is 0 Å². The number of rotatable bonds is 3. The lowest BCUT2D eigenvalue weighted by Crippen LogP contribution is -2.26. The maximum absolute atomic E-state index is 5.40.